The zero-order valence-electron chi connectivity index (χ0n) is 76.4. The minimum Gasteiger partial charge on any atom is -0.488 e. The second-order valence-corrected chi connectivity index (χ2v) is 34.2. The summed E-state index contributed by atoms with van der Waals surface area (Å²) in [6.07, 6.45) is 16.2. The molecule has 7 aromatic rings. The molecule has 35 nitrogen and oxygen atoms in total. The summed E-state index contributed by atoms with van der Waals surface area (Å²) in [7, 11) is 0. The smallest absolute Gasteiger partial charge is 0.320 e. The number of hydrogen-bond acceptors (Lipinski definition) is 29. The number of unbranched alkanes of at least 4 members (excludes halogenated alkanes) is 1. The van der Waals surface area contributed by atoms with Gasteiger partial charge in [-0.15, -0.1) is 11.8 Å². The first-order valence-corrected chi connectivity index (χ1v) is 46.8. The van der Waals surface area contributed by atoms with Gasteiger partial charge in [0.2, 0.25) is 0 Å². The molecule has 7 aromatic carbocycles. The van der Waals surface area contributed by atoms with Gasteiger partial charge in [0, 0.05) is 36.5 Å². The van der Waals surface area contributed by atoms with Crippen LogP contribution >= 0.6 is 11.8 Å². The molecule has 0 amide bonds. The van der Waals surface area contributed by atoms with E-state index in [0.29, 0.717) is 149 Å². The number of aliphatic carboxylic acids is 7. The van der Waals surface area contributed by atoms with E-state index in [1.54, 1.807) is 36.0 Å². The Morgan fingerprint density at radius 2 is 0.533 bits per heavy atom. The first-order chi connectivity index (χ1) is 65.0. The number of carboxylic acids is 7. The van der Waals surface area contributed by atoms with E-state index >= 15 is 0 Å². The molecule has 7 aliphatic rings. The molecule has 0 bridgehead atoms. The first kappa shape index (κ1) is 110. The largest absolute Gasteiger partial charge is 0.488 e. The maximum Gasteiger partial charge on any atom is 0.320 e. The molecule has 8 unspecified atom stereocenters. The molecule has 21 N–H and O–H groups in total. The lowest BCUT2D eigenvalue weighted by molar-refractivity contribution is -0.139. The van der Waals surface area contributed by atoms with Crippen LogP contribution in [-0.2, 0) is 172 Å². The van der Waals surface area contributed by atoms with Gasteiger partial charge in [0.1, 0.15) is 54.6 Å². The van der Waals surface area contributed by atoms with Crippen molar-refractivity contribution in [2.75, 3.05) is 98.2 Å². The number of nitrogens with two attached hydrogens (primary N) is 7. The van der Waals surface area contributed by atoms with E-state index < -0.39 is 84.1 Å². The molecule has 8 atom stereocenters. The first-order valence-electron chi connectivity index (χ1n) is 45.8. The fourth-order valence-electron chi connectivity index (χ4n) is 14.4. The summed E-state index contributed by atoms with van der Waals surface area (Å²) in [4.78, 5) is 75.8. The lowest BCUT2D eigenvalue weighted by Gasteiger charge is -2.12. The van der Waals surface area contributed by atoms with E-state index in [-0.39, 0.29) is 37.7 Å². The fourth-order valence-corrected chi connectivity index (χ4v) is 15.3. The van der Waals surface area contributed by atoms with Crippen LogP contribution in [0.4, 0.5) is 0 Å². The molecule has 0 radical (unpaired) electrons. The molecule has 135 heavy (non-hydrogen) atoms. The van der Waals surface area contributed by atoms with Gasteiger partial charge in [-0.1, -0.05) is 152 Å². The molecule has 0 aromatic heterocycles. The Kier molecular flexibility index (Phi) is 50.8. The zero-order valence-corrected chi connectivity index (χ0v) is 77.2. The Morgan fingerprint density at radius 1 is 0.274 bits per heavy atom. The van der Waals surface area contributed by atoms with E-state index in [1.165, 1.54) is 54.4 Å². The van der Waals surface area contributed by atoms with Gasteiger partial charge >= 0.3 is 41.8 Å². The third-order valence-corrected chi connectivity index (χ3v) is 23.2. The summed E-state index contributed by atoms with van der Waals surface area (Å²) in [5.74, 6) is -5.38. The van der Waals surface area contributed by atoms with Crippen molar-refractivity contribution in [2.45, 2.75) is 226 Å². The van der Waals surface area contributed by atoms with Crippen molar-refractivity contribution in [2.24, 2.45) is 40.1 Å². The summed E-state index contributed by atoms with van der Waals surface area (Å²) in [6, 6.07) is 48.4. The van der Waals surface area contributed by atoms with Crippen LogP contribution in [0.3, 0.4) is 0 Å². The number of aryl methyl sites for hydroxylation is 4. The van der Waals surface area contributed by atoms with Gasteiger partial charge in [-0.05, 0) is 200 Å². The molecule has 0 saturated carbocycles. The third-order valence-electron chi connectivity index (χ3n) is 22.2. The average molecular weight is 1900 g/mol. The predicted octanol–water partition coefficient (Wildman–Crippen LogP) is 7.82. The van der Waals surface area contributed by atoms with Gasteiger partial charge in [0.25, 0.3) is 0 Å². The fraction of sp³-hybridized carbons (Fsp3) is 0.505. The van der Waals surface area contributed by atoms with E-state index in [4.69, 9.17) is 142 Å². The van der Waals surface area contributed by atoms with Crippen molar-refractivity contribution in [1.82, 2.24) is 0 Å². The molecule has 36 heteroatoms. The summed E-state index contributed by atoms with van der Waals surface area (Å²) in [6.45, 7) is 9.20. The SMILES string of the molecule is NC(Cc1ccc(CC2OCCO2)cc1)C(=O)O.NC(Cc1ccc(CCC2OCCO2)cc1)C(=O)O.NC(Cc1ccc(CCC2OCCO2)cc1)C(=O)O.NC(Cc1ccc(CCCC2OCCO2)cc1)C(=O)O.NC(Cc1ccc(CCCCC2CCCO2)cc1)C(=O)O.NC(Cc1ccc(OCC2OCCO2)cc1)C(=O)O.NC(Cc1ccc(SCC2OCCO2)cc1)C(=O)O. The van der Waals surface area contributed by atoms with Crippen LogP contribution in [0.1, 0.15) is 125 Å². The average Bonchev–Trinajstić information content (AvgIpc) is 1.81. The second-order valence-electron chi connectivity index (χ2n) is 33.1. The van der Waals surface area contributed by atoms with Crippen LogP contribution < -0.4 is 44.9 Å². The van der Waals surface area contributed by atoms with Crippen molar-refractivity contribution in [3.05, 3.63) is 237 Å². The van der Waals surface area contributed by atoms with Gasteiger partial charge in [0.15, 0.2) is 37.7 Å². The molecule has 0 spiro atoms. The molecule has 7 saturated heterocycles. The van der Waals surface area contributed by atoms with Crippen LogP contribution in [0.25, 0.3) is 0 Å². The topological polar surface area (TPSA) is 572 Å². The summed E-state index contributed by atoms with van der Waals surface area (Å²) in [5.41, 5.74) is 51.0. The number of rotatable bonds is 44. The van der Waals surface area contributed by atoms with Crippen LogP contribution in [0.5, 0.6) is 5.75 Å². The molecular formula is C99H135N7O28S. The number of hydrogen-bond donors (Lipinski definition) is 14. The number of benzene rings is 7. The monoisotopic (exact) mass is 1900 g/mol. The van der Waals surface area contributed by atoms with Crippen molar-refractivity contribution >= 4 is 53.5 Å². The van der Waals surface area contributed by atoms with Crippen LogP contribution in [-0.4, -0.2) is 262 Å². The van der Waals surface area contributed by atoms with Gasteiger partial charge < -0.3 is 142 Å². The Labute approximate surface area is 791 Å². The molecule has 7 aliphatic heterocycles. The number of thioether (sulfide) groups is 1. The van der Waals surface area contributed by atoms with Crippen LogP contribution in [0.15, 0.2) is 175 Å². The Balaban J connectivity index is 0.000000194. The highest BCUT2D eigenvalue weighted by atomic mass is 32.2. The third kappa shape index (κ3) is 45.3. The van der Waals surface area contributed by atoms with E-state index in [2.05, 4.69) is 12.1 Å². The van der Waals surface area contributed by atoms with Crippen molar-refractivity contribution in [1.29, 1.82) is 0 Å². The van der Waals surface area contributed by atoms with E-state index in [9.17, 15) is 33.6 Å². The Hall–Kier alpha value is -9.82. The van der Waals surface area contributed by atoms with Crippen molar-refractivity contribution in [3.63, 3.8) is 0 Å². The highest BCUT2D eigenvalue weighted by Gasteiger charge is 2.25. The van der Waals surface area contributed by atoms with Gasteiger partial charge in [0.05, 0.1) is 85.4 Å². The van der Waals surface area contributed by atoms with Gasteiger partial charge in [-0.25, -0.2) is 0 Å². The molecular weight excluding hydrogens is 1770 g/mol. The summed E-state index contributed by atoms with van der Waals surface area (Å²) < 4.78 is 75.3. The molecule has 740 valence electrons. The van der Waals surface area contributed by atoms with Crippen LogP contribution in [0.2, 0.25) is 0 Å². The number of ether oxygens (including phenoxy) is 14. The molecule has 7 fully saturated rings. The minimum atomic E-state index is -1.00. The second kappa shape index (κ2) is 62.1. The van der Waals surface area contributed by atoms with E-state index in [1.807, 2.05) is 133 Å². The van der Waals surface area contributed by atoms with Crippen LogP contribution in [0, 0.1) is 0 Å². The highest BCUT2D eigenvalue weighted by Crippen LogP contribution is 2.26. The predicted molar refractivity (Wildman–Crippen MR) is 500 cm³/mol. The Morgan fingerprint density at radius 3 is 0.844 bits per heavy atom. The standard InChI is InChI=1S/C17H25NO3.C15H21NO4.2C14H19NO4.C13H17NO5.C13H17NO4S.C13H17NO4/c18-16(17(19)20)12-14-9-7-13(8-10-14)4-1-2-5-15-6-3-11-21-15;16-13(15(17)18)10-12-6-4-11(5-7-12)2-1-3-14-19-8-9-20-14;2*15-12(14(16)17)9-11-3-1-10(2-4-11)5-6-13-18-7-8-19-13;2*14-11(13(15)16)7-9-1-3-10(4-2-9)19-8-12-17-5-6-18-12;14-11(13(15)16)7-9-1-3-10(4-2-9)8-12-17-5-6-18-12/h7-10,15-16H,1-6,11-12,18H2,(H,19,20);4-7,13-14H,1-3,8-10,16H2,(H,17,18);2*1-4,12-13H,5-9,15H2,(H,16,17);2*1-4,11-12H,5-8,14H2,(H,15,16);1-4,11-12H,5-8,14H2,(H,15,16). The maximum absolute atomic E-state index is 10.7. The highest BCUT2D eigenvalue weighted by molar-refractivity contribution is 7.99. The number of carboxylic acid groups (broad SMARTS) is 7. The minimum absolute atomic E-state index is 0.0390. The number of carbonyl (C=O) groups is 7. The maximum atomic E-state index is 10.7. The summed E-state index contributed by atoms with van der Waals surface area (Å²) >= 11 is 1.65. The lowest BCUT2D eigenvalue weighted by Crippen LogP contribution is -2.32. The lowest BCUT2D eigenvalue weighted by atomic mass is 10.0. The van der Waals surface area contributed by atoms with Crippen molar-refractivity contribution in [3.8, 4) is 5.75 Å². The quantitative estimate of drug-likeness (QED) is 0.0128. The molecule has 7 heterocycles. The van der Waals surface area contributed by atoms with Gasteiger partial charge in [-0.2, -0.15) is 0 Å². The molecule has 0 aliphatic carbocycles. The zero-order chi connectivity index (χ0) is 97.1. The van der Waals surface area contributed by atoms with Crippen molar-refractivity contribution < 1.29 is 136 Å². The normalized spacial score (nSPS) is 17.8. The van der Waals surface area contributed by atoms with E-state index in [0.717, 1.165) is 113 Å². The Bertz CT molecular complexity index is 4210. The summed E-state index contributed by atoms with van der Waals surface area (Å²) in [5, 5.41) is 61.3. The van der Waals surface area contributed by atoms with Gasteiger partial charge in [-0.3, -0.25) is 33.6 Å². The molecule has 14 rings (SSSR count).